The molecule has 0 unspecified atom stereocenters. The summed E-state index contributed by atoms with van der Waals surface area (Å²) in [6.07, 6.45) is 2.23. The first-order valence-electron chi connectivity index (χ1n) is 11.2. The molecule has 37 heavy (non-hydrogen) atoms. The van der Waals surface area contributed by atoms with Gasteiger partial charge in [0.25, 0.3) is 5.91 Å². The number of amides is 4. The number of piperazine rings is 1. The van der Waals surface area contributed by atoms with Gasteiger partial charge in [0, 0.05) is 24.8 Å². The molecule has 2 fully saturated rings. The lowest BCUT2D eigenvalue weighted by Gasteiger charge is -2.51. The summed E-state index contributed by atoms with van der Waals surface area (Å²) in [5.74, 6) is 0.825. The zero-order valence-corrected chi connectivity index (χ0v) is 19.4. The minimum absolute atomic E-state index is 0.00426. The molecule has 1 aromatic heterocycles. The molecule has 2 aromatic carbocycles. The van der Waals surface area contributed by atoms with E-state index in [0.29, 0.717) is 10.7 Å². The van der Waals surface area contributed by atoms with Crippen molar-refractivity contribution in [2.24, 2.45) is 0 Å². The fourth-order valence-corrected chi connectivity index (χ4v) is 4.47. The summed E-state index contributed by atoms with van der Waals surface area (Å²) >= 11 is 0. The van der Waals surface area contributed by atoms with E-state index >= 15 is 8.78 Å². The predicted octanol–water partition coefficient (Wildman–Crippen LogP) is 3.26. The van der Waals surface area contributed by atoms with E-state index in [-0.39, 0.29) is 24.2 Å². The highest BCUT2D eigenvalue weighted by atomic mass is 19.1. The van der Waals surface area contributed by atoms with Gasteiger partial charge in [0.15, 0.2) is 11.6 Å². The van der Waals surface area contributed by atoms with E-state index in [9.17, 15) is 18.8 Å². The van der Waals surface area contributed by atoms with Crippen molar-refractivity contribution in [3.8, 4) is 11.8 Å². The standard InChI is InChI=1S/C26H18F3N5O3/c1-26-14-22(35)34(25(37)33(26)11-10-32(24(26)36)21-8-9-30-15-31-21)23-19(28)12-16(13-20(23)29)6-7-17-4-2-3-5-18(17)27/h2-5,8-9,12-13,15H,10-11,14H2,1H3/t26-/m0/s1. The number of nitrogens with zero attached hydrogens (tertiary/aromatic N) is 5. The normalized spacial score (nSPS) is 19.5. The summed E-state index contributed by atoms with van der Waals surface area (Å²) in [5, 5.41) is 0. The Hall–Kier alpha value is -4.72. The Bertz CT molecular complexity index is 1480. The van der Waals surface area contributed by atoms with E-state index < -0.39 is 52.9 Å². The number of fused-ring (bicyclic) bond motifs is 1. The van der Waals surface area contributed by atoms with Gasteiger partial charge < -0.3 is 4.90 Å². The predicted molar refractivity (Wildman–Crippen MR) is 126 cm³/mol. The first-order chi connectivity index (χ1) is 17.7. The second kappa shape index (κ2) is 9.05. The maximum atomic E-state index is 15.1. The van der Waals surface area contributed by atoms with Crippen LogP contribution in [0.2, 0.25) is 0 Å². The van der Waals surface area contributed by atoms with E-state index in [0.717, 1.165) is 17.0 Å². The highest BCUT2D eigenvalue weighted by Gasteiger charge is 2.56. The maximum Gasteiger partial charge on any atom is 0.332 e. The van der Waals surface area contributed by atoms with Crippen LogP contribution in [0.1, 0.15) is 24.5 Å². The molecule has 0 radical (unpaired) electrons. The summed E-state index contributed by atoms with van der Waals surface area (Å²) in [6, 6.07) is 7.89. The van der Waals surface area contributed by atoms with Gasteiger partial charge >= 0.3 is 6.03 Å². The molecular formula is C26H18F3N5O3. The molecule has 0 spiro atoms. The Balaban J connectivity index is 1.45. The molecule has 5 rings (SSSR count). The van der Waals surface area contributed by atoms with Crippen molar-refractivity contribution >= 4 is 29.4 Å². The van der Waals surface area contributed by atoms with Crippen LogP contribution in [0.25, 0.3) is 0 Å². The summed E-state index contributed by atoms with van der Waals surface area (Å²) in [4.78, 5) is 50.5. The van der Waals surface area contributed by atoms with Crippen LogP contribution in [-0.2, 0) is 9.59 Å². The van der Waals surface area contributed by atoms with Gasteiger partial charge in [-0.25, -0.2) is 32.8 Å². The fraction of sp³-hybridized carbons (Fsp3) is 0.192. The van der Waals surface area contributed by atoms with Gasteiger partial charge in [-0.05, 0) is 37.3 Å². The molecule has 2 aliphatic heterocycles. The van der Waals surface area contributed by atoms with Crippen LogP contribution in [0.15, 0.2) is 55.0 Å². The SMILES string of the molecule is C[C@@]12CC(=O)N(c3c(F)cc(C#Cc4ccccc4F)cc3F)C(=O)N1CCN(c1ccncn1)C2=O. The molecule has 0 aliphatic carbocycles. The fourth-order valence-electron chi connectivity index (χ4n) is 4.47. The minimum Gasteiger partial charge on any atom is -0.307 e. The third kappa shape index (κ3) is 4.06. The molecule has 8 nitrogen and oxygen atoms in total. The minimum atomic E-state index is -1.56. The molecule has 4 amide bonds. The van der Waals surface area contributed by atoms with Crippen molar-refractivity contribution in [2.45, 2.75) is 18.9 Å². The van der Waals surface area contributed by atoms with Crippen LogP contribution in [0.5, 0.6) is 0 Å². The van der Waals surface area contributed by atoms with Gasteiger partial charge in [-0.3, -0.25) is 14.5 Å². The number of urea groups is 1. The molecule has 3 heterocycles. The maximum absolute atomic E-state index is 15.1. The molecule has 2 saturated heterocycles. The number of hydrogen-bond acceptors (Lipinski definition) is 5. The van der Waals surface area contributed by atoms with E-state index in [1.807, 2.05) is 0 Å². The van der Waals surface area contributed by atoms with Crippen molar-refractivity contribution in [3.05, 3.63) is 83.6 Å². The van der Waals surface area contributed by atoms with Crippen LogP contribution in [0.3, 0.4) is 0 Å². The molecule has 1 atom stereocenters. The Morgan fingerprint density at radius 2 is 1.68 bits per heavy atom. The molecule has 11 heteroatoms. The lowest BCUT2D eigenvalue weighted by atomic mass is 9.88. The van der Waals surface area contributed by atoms with Crippen molar-refractivity contribution in [2.75, 3.05) is 22.9 Å². The number of halogens is 3. The van der Waals surface area contributed by atoms with Crippen LogP contribution in [-0.4, -0.2) is 51.3 Å². The molecular weight excluding hydrogens is 487 g/mol. The lowest BCUT2D eigenvalue weighted by Crippen LogP contribution is -2.73. The van der Waals surface area contributed by atoms with Crippen LogP contribution < -0.4 is 9.80 Å². The van der Waals surface area contributed by atoms with Crippen LogP contribution >= 0.6 is 0 Å². The number of anilines is 2. The first kappa shape index (κ1) is 24.0. The average Bonchev–Trinajstić information content (AvgIpc) is 2.87. The number of carbonyl (C=O) groups is 3. The topological polar surface area (TPSA) is 86.7 Å². The highest BCUT2D eigenvalue weighted by molar-refractivity contribution is 6.20. The Labute approximate surface area is 209 Å². The lowest BCUT2D eigenvalue weighted by molar-refractivity contribution is -0.137. The molecule has 2 aliphatic rings. The third-order valence-corrected chi connectivity index (χ3v) is 6.31. The second-order valence-electron chi connectivity index (χ2n) is 8.66. The quantitative estimate of drug-likeness (QED) is 0.499. The second-order valence-corrected chi connectivity index (χ2v) is 8.66. The third-order valence-electron chi connectivity index (χ3n) is 6.31. The Morgan fingerprint density at radius 1 is 0.946 bits per heavy atom. The summed E-state index contributed by atoms with van der Waals surface area (Å²) in [6.45, 7) is 1.50. The van der Waals surface area contributed by atoms with Gasteiger partial charge in [-0.2, -0.15) is 0 Å². The molecule has 0 N–H and O–H groups in total. The van der Waals surface area contributed by atoms with E-state index in [1.165, 1.54) is 48.6 Å². The first-order valence-corrected chi connectivity index (χ1v) is 11.2. The monoisotopic (exact) mass is 505 g/mol. The number of aromatic nitrogens is 2. The molecule has 3 aromatic rings. The van der Waals surface area contributed by atoms with E-state index in [4.69, 9.17) is 0 Å². The van der Waals surface area contributed by atoms with Crippen molar-refractivity contribution in [1.29, 1.82) is 0 Å². The average molecular weight is 505 g/mol. The van der Waals surface area contributed by atoms with Crippen molar-refractivity contribution in [3.63, 3.8) is 0 Å². The summed E-state index contributed by atoms with van der Waals surface area (Å²) in [7, 11) is 0. The molecule has 0 bridgehead atoms. The van der Waals surface area contributed by atoms with Gasteiger partial charge in [0.2, 0.25) is 5.91 Å². The largest absolute Gasteiger partial charge is 0.332 e. The van der Waals surface area contributed by atoms with Crippen molar-refractivity contribution in [1.82, 2.24) is 14.9 Å². The summed E-state index contributed by atoms with van der Waals surface area (Å²) < 4.78 is 44.0. The molecule has 186 valence electrons. The number of carbonyl (C=O) groups excluding carboxylic acids is 3. The van der Waals surface area contributed by atoms with Gasteiger partial charge in [-0.1, -0.05) is 24.0 Å². The van der Waals surface area contributed by atoms with Crippen LogP contribution in [0.4, 0.5) is 29.5 Å². The number of hydrogen-bond donors (Lipinski definition) is 0. The smallest absolute Gasteiger partial charge is 0.307 e. The number of imide groups is 1. The zero-order valence-electron chi connectivity index (χ0n) is 19.4. The van der Waals surface area contributed by atoms with E-state index in [2.05, 4.69) is 21.8 Å². The Kier molecular flexibility index (Phi) is 5.87. The van der Waals surface area contributed by atoms with Crippen molar-refractivity contribution < 1.29 is 27.6 Å². The molecule has 0 saturated carbocycles. The number of rotatable bonds is 2. The van der Waals surface area contributed by atoms with E-state index in [1.54, 1.807) is 6.07 Å². The highest BCUT2D eigenvalue weighted by Crippen LogP contribution is 2.37. The number of benzene rings is 2. The summed E-state index contributed by atoms with van der Waals surface area (Å²) in [5.41, 5.74) is -2.50. The van der Waals surface area contributed by atoms with Gasteiger partial charge in [0.1, 0.15) is 29.2 Å². The van der Waals surface area contributed by atoms with Crippen LogP contribution in [0, 0.1) is 29.3 Å². The zero-order chi connectivity index (χ0) is 26.3. The Morgan fingerprint density at radius 3 is 2.35 bits per heavy atom. The van der Waals surface area contributed by atoms with Gasteiger partial charge in [-0.15, -0.1) is 0 Å². The van der Waals surface area contributed by atoms with Gasteiger partial charge in [0.05, 0.1) is 12.0 Å².